The molecule has 1 aliphatic heterocycles. The zero-order valence-electron chi connectivity index (χ0n) is 14.2. The smallest absolute Gasteiger partial charge is 0.321 e. The minimum atomic E-state index is -0.0147. The Morgan fingerprint density at radius 1 is 1.33 bits per heavy atom. The Labute approximate surface area is 142 Å². The van der Waals surface area contributed by atoms with Crippen LogP contribution in [0.2, 0.25) is 0 Å². The molecule has 2 aromatic rings. The lowest BCUT2D eigenvalue weighted by molar-refractivity contribution is 0.243. The highest BCUT2D eigenvalue weighted by molar-refractivity contribution is 5.92. The number of hydrogen-bond acceptors (Lipinski definition) is 4. The first-order valence-corrected chi connectivity index (χ1v) is 8.44. The molecule has 0 bridgehead atoms. The summed E-state index contributed by atoms with van der Waals surface area (Å²) in [7, 11) is 0. The predicted molar refractivity (Wildman–Crippen MR) is 92.8 cm³/mol. The molecular weight excluding hydrogens is 304 g/mol. The molecule has 1 saturated heterocycles. The molecule has 1 atom stereocenters. The van der Waals surface area contributed by atoms with Gasteiger partial charge in [0.1, 0.15) is 12.2 Å². The maximum atomic E-state index is 11.9. The molecule has 1 aromatic carbocycles. The van der Waals surface area contributed by atoms with Crippen molar-refractivity contribution in [2.75, 3.05) is 18.0 Å². The Kier molecular flexibility index (Phi) is 5.10. The van der Waals surface area contributed by atoms with Crippen LogP contribution in [0.1, 0.15) is 37.7 Å². The number of carbonyl (C=O) groups is 1. The summed E-state index contributed by atoms with van der Waals surface area (Å²) in [5.41, 5.74) is 2.12. The van der Waals surface area contributed by atoms with Crippen LogP contribution in [0, 0.1) is 0 Å². The van der Waals surface area contributed by atoms with Crippen molar-refractivity contribution in [3.8, 4) is 0 Å². The van der Waals surface area contributed by atoms with Crippen LogP contribution in [0.3, 0.4) is 0 Å². The molecule has 2 heterocycles. The van der Waals surface area contributed by atoms with Crippen molar-refractivity contribution in [2.24, 2.45) is 0 Å². The van der Waals surface area contributed by atoms with Gasteiger partial charge in [-0.05, 0) is 38.0 Å². The Morgan fingerprint density at radius 2 is 2.12 bits per heavy atom. The molecule has 7 heteroatoms. The van der Waals surface area contributed by atoms with Crippen LogP contribution in [-0.2, 0) is 13.1 Å². The number of carbonyl (C=O) groups excluding carboxylic acids is 1. The summed E-state index contributed by atoms with van der Waals surface area (Å²) < 4.78 is 1.89. The number of aromatic nitrogens is 3. The summed E-state index contributed by atoms with van der Waals surface area (Å²) in [4.78, 5) is 18.0. The molecule has 1 unspecified atom stereocenters. The zero-order valence-corrected chi connectivity index (χ0v) is 14.2. The van der Waals surface area contributed by atoms with Gasteiger partial charge in [0.25, 0.3) is 0 Å². The average Bonchev–Trinajstić information content (AvgIpc) is 3.08. The molecule has 0 aliphatic carbocycles. The number of nitrogens with one attached hydrogen (secondary N) is 2. The number of rotatable bonds is 6. The van der Waals surface area contributed by atoms with Gasteiger partial charge in [-0.1, -0.05) is 12.1 Å². The summed E-state index contributed by atoms with van der Waals surface area (Å²) in [6, 6.07) is 8.33. The topological polar surface area (TPSA) is 75.1 Å². The fourth-order valence-electron chi connectivity index (χ4n) is 2.87. The van der Waals surface area contributed by atoms with E-state index in [4.69, 9.17) is 0 Å². The molecular formula is C17H24N6O. The number of aryl methyl sites for hydroxylation is 1. The van der Waals surface area contributed by atoms with Crippen LogP contribution in [0.15, 0.2) is 30.6 Å². The lowest BCUT2D eigenvalue weighted by Crippen LogP contribution is -2.46. The van der Waals surface area contributed by atoms with E-state index >= 15 is 0 Å². The first kappa shape index (κ1) is 16.4. The third-order valence-electron chi connectivity index (χ3n) is 4.35. The van der Waals surface area contributed by atoms with E-state index in [1.54, 1.807) is 11.2 Å². The van der Waals surface area contributed by atoms with E-state index in [1.165, 1.54) is 5.56 Å². The standard InChI is InChI=1S/C17H24N6O/c1-3-23-16(20-12-21-23)11-19-13(2)14-5-7-15(8-6-14)22-10-4-9-18-17(22)24/h5-8,12-13,19H,3-4,9-11H2,1-2H3,(H,18,24). The van der Waals surface area contributed by atoms with Crippen molar-refractivity contribution >= 4 is 11.7 Å². The van der Waals surface area contributed by atoms with Crippen molar-refractivity contribution in [1.82, 2.24) is 25.4 Å². The Balaban J connectivity index is 1.61. The summed E-state index contributed by atoms with van der Waals surface area (Å²) in [6.07, 6.45) is 2.56. The summed E-state index contributed by atoms with van der Waals surface area (Å²) in [5, 5.41) is 10.5. The highest BCUT2D eigenvalue weighted by atomic mass is 16.2. The minimum absolute atomic E-state index is 0.0147. The van der Waals surface area contributed by atoms with Crippen LogP contribution in [0.5, 0.6) is 0 Å². The Hall–Kier alpha value is -2.41. The van der Waals surface area contributed by atoms with E-state index < -0.39 is 0 Å². The van der Waals surface area contributed by atoms with Crippen LogP contribution in [-0.4, -0.2) is 33.9 Å². The van der Waals surface area contributed by atoms with E-state index in [9.17, 15) is 4.79 Å². The molecule has 1 aliphatic rings. The molecule has 2 amide bonds. The van der Waals surface area contributed by atoms with Gasteiger partial charge in [-0.3, -0.25) is 4.90 Å². The maximum absolute atomic E-state index is 11.9. The zero-order chi connectivity index (χ0) is 16.9. The Bertz CT molecular complexity index is 681. The molecule has 7 nitrogen and oxygen atoms in total. The van der Waals surface area contributed by atoms with Gasteiger partial charge >= 0.3 is 6.03 Å². The lowest BCUT2D eigenvalue weighted by Gasteiger charge is -2.27. The fourth-order valence-corrected chi connectivity index (χ4v) is 2.87. The second kappa shape index (κ2) is 7.44. The summed E-state index contributed by atoms with van der Waals surface area (Å²) in [5.74, 6) is 0.936. The van der Waals surface area contributed by atoms with Crippen LogP contribution >= 0.6 is 0 Å². The molecule has 3 rings (SSSR count). The SMILES string of the molecule is CCn1ncnc1CNC(C)c1ccc(N2CCCNC2=O)cc1. The van der Waals surface area contributed by atoms with Crippen LogP contribution in [0.25, 0.3) is 0 Å². The van der Waals surface area contributed by atoms with Crippen molar-refractivity contribution in [3.05, 3.63) is 42.0 Å². The van der Waals surface area contributed by atoms with Crippen LogP contribution in [0.4, 0.5) is 10.5 Å². The second-order valence-electron chi connectivity index (χ2n) is 5.92. The molecule has 128 valence electrons. The number of hydrogen-bond donors (Lipinski definition) is 2. The number of nitrogens with zero attached hydrogens (tertiary/aromatic N) is 4. The minimum Gasteiger partial charge on any atom is -0.338 e. The van der Waals surface area contributed by atoms with Gasteiger partial charge in [0, 0.05) is 31.4 Å². The highest BCUT2D eigenvalue weighted by Crippen LogP contribution is 2.21. The van der Waals surface area contributed by atoms with Crippen molar-refractivity contribution in [2.45, 2.75) is 39.4 Å². The quantitative estimate of drug-likeness (QED) is 0.851. The lowest BCUT2D eigenvalue weighted by atomic mass is 10.1. The van der Waals surface area contributed by atoms with Gasteiger partial charge in [0.15, 0.2) is 0 Å². The number of anilines is 1. The molecule has 1 aromatic heterocycles. The number of urea groups is 1. The van der Waals surface area contributed by atoms with E-state index in [-0.39, 0.29) is 12.1 Å². The van der Waals surface area contributed by atoms with Gasteiger partial charge in [-0.2, -0.15) is 5.10 Å². The first-order chi connectivity index (χ1) is 11.7. The fraction of sp³-hybridized carbons (Fsp3) is 0.471. The van der Waals surface area contributed by atoms with E-state index in [0.717, 1.165) is 37.6 Å². The largest absolute Gasteiger partial charge is 0.338 e. The van der Waals surface area contributed by atoms with E-state index in [0.29, 0.717) is 6.54 Å². The molecule has 2 N–H and O–H groups in total. The van der Waals surface area contributed by atoms with Gasteiger partial charge in [-0.25, -0.2) is 14.5 Å². The van der Waals surface area contributed by atoms with Crippen molar-refractivity contribution in [1.29, 1.82) is 0 Å². The van der Waals surface area contributed by atoms with E-state index in [2.05, 4.69) is 46.7 Å². The van der Waals surface area contributed by atoms with Gasteiger partial charge < -0.3 is 10.6 Å². The molecule has 0 spiro atoms. The van der Waals surface area contributed by atoms with Crippen LogP contribution < -0.4 is 15.5 Å². The van der Waals surface area contributed by atoms with Crippen molar-refractivity contribution < 1.29 is 4.79 Å². The van der Waals surface area contributed by atoms with Gasteiger partial charge in [-0.15, -0.1) is 0 Å². The maximum Gasteiger partial charge on any atom is 0.321 e. The van der Waals surface area contributed by atoms with Crippen molar-refractivity contribution in [3.63, 3.8) is 0 Å². The first-order valence-electron chi connectivity index (χ1n) is 8.44. The van der Waals surface area contributed by atoms with Gasteiger partial charge in [0.05, 0.1) is 6.54 Å². The van der Waals surface area contributed by atoms with E-state index in [1.807, 2.05) is 16.8 Å². The normalized spacial score (nSPS) is 16.1. The Morgan fingerprint density at radius 3 is 2.83 bits per heavy atom. The number of benzene rings is 1. The molecule has 0 saturated carbocycles. The summed E-state index contributed by atoms with van der Waals surface area (Å²) >= 11 is 0. The molecule has 1 fully saturated rings. The second-order valence-corrected chi connectivity index (χ2v) is 5.92. The predicted octanol–water partition coefficient (Wildman–Crippen LogP) is 2.07. The third kappa shape index (κ3) is 3.56. The number of amides is 2. The average molecular weight is 328 g/mol. The highest BCUT2D eigenvalue weighted by Gasteiger charge is 2.19. The van der Waals surface area contributed by atoms with Gasteiger partial charge in [0.2, 0.25) is 0 Å². The summed E-state index contributed by atoms with van der Waals surface area (Å²) in [6.45, 7) is 7.19. The molecule has 24 heavy (non-hydrogen) atoms. The molecule has 0 radical (unpaired) electrons. The third-order valence-corrected chi connectivity index (χ3v) is 4.35. The monoisotopic (exact) mass is 328 g/mol.